The summed E-state index contributed by atoms with van der Waals surface area (Å²) in [6.07, 6.45) is -0.693. The van der Waals surface area contributed by atoms with Crippen LogP contribution in [-0.2, 0) is 16.0 Å². The molecule has 1 amide bonds. The minimum Gasteiger partial charge on any atom is -0.480 e. The van der Waals surface area contributed by atoms with E-state index in [9.17, 15) is 23.5 Å². The highest BCUT2D eigenvalue weighted by molar-refractivity contribution is 5.84. The van der Waals surface area contributed by atoms with Crippen molar-refractivity contribution in [2.75, 3.05) is 6.54 Å². The van der Waals surface area contributed by atoms with Gasteiger partial charge in [0.2, 0.25) is 5.91 Å². The second-order valence-corrected chi connectivity index (χ2v) is 5.04. The third-order valence-corrected chi connectivity index (χ3v) is 3.50. The molecule has 2 N–H and O–H groups in total. The van der Waals surface area contributed by atoms with Crippen LogP contribution < -0.4 is 0 Å². The summed E-state index contributed by atoms with van der Waals surface area (Å²) in [5.41, 5.74) is 0.453. The molecule has 21 heavy (non-hydrogen) atoms. The van der Waals surface area contributed by atoms with Crippen LogP contribution in [0.25, 0.3) is 0 Å². The first kappa shape index (κ1) is 15.4. The third-order valence-electron chi connectivity index (χ3n) is 3.50. The number of aliphatic hydroxyl groups is 1. The van der Waals surface area contributed by atoms with Gasteiger partial charge in [0, 0.05) is 19.4 Å². The summed E-state index contributed by atoms with van der Waals surface area (Å²) in [5.74, 6) is -3.53. The summed E-state index contributed by atoms with van der Waals surface area (Å²) in [6, 6.07) is 2.34. The van der Waals surface area contributed by atoms with Gasteiger partial charge in [0.25, 0.3) is 0 Å². The van der Waals surface area contributed by atoms with Gasteiger partial charge in [0.05, 0.1) is 6.10 Å². The van der Waals surface area contributed by atoms with Crippen molar-refractivity contribution in [2.24, 2.45) is 0 Å². The standard InChI is InChI=1S/C14H15F2NO4/c15-10-3-1-8(5-11(10)16)2-4-13(19)17-7-9(18)6-12(17)14(20)21/h1,3,5,9,12,18H,2,4,6-7H2,(H,20,21)/t9-,12+/m1/s1. The Balaban J connectivity index is 1.97. The van der Waals surface area contributed by atoms with Crippen molar-refractivity contribution in [3.05, 3.63) is 35.4 Å². The first-order valence-electron chi connectivity index (χ1n) is 6.52. The second kappa shape index (κ2) is 6.17. The average Bonchev–Trinajstić information content (AvgIpc) is 2.82. The highest BCUT2D eigenvalue weighted by Crippen LogP contribution is 2.20. The number of aryl methyl sites for hydroxylation is 1. The summed E-state index contributed by atoms with van der Waals surface area (Å²) in [4.78, 5) is 24.2. The molecule has 0 bridgehead atoms. The highest BCUT2D eigenvalue weighted by Gasteiger charge is 2.38. The van der Waals surface area contributed by atoms with Gasteiger partial charge < -0.3 is 15.1 Å². The number of benzene rings is 1. The van der Waals surface area contributed by atoms with E-state index in [0.717, 1.165) is 17.0 Å². The topological polar surface area (TPSA) is 77.8 Å². The predicted octanol–water partition coefficient (Wildman–Crippen LogP) is 0.944. The van der Waals surface area contributed by atoms with E-state index in [1.54, 1.807) is 0 Å². The number of nitrogens with zero attached hydrogens (tertiary/aromatic N) is 1. The molecule has 114 valence electrons. The molecule has 1 saturated heterocycles. The Hall–Kier alpha value is -2.02. The monoisotopic (exact) mass is 299 g/mol. The van der Waals surface area contributed by atoms with Crippen LogP contribution in [0.4, 0.5) is 8.78 Å². The molecular weight excluding hydrogens is 284 g/mol. The lowest BCUT2D eigenvalue weighted by atomic mass is 10.1. The Bertz CT molecular complexity index is 564. The molecule has 1 aromatic rings. The zero-order valence-corrected chi connectivity index (χ0v) is 11.1. The summed E-state index contributed by atoms with van der Waals surface area (Å²) in [7, 11) is 0. The van der Waals surface area contributed by atoms with E-state index in [-0.39, 0.29) is 25.8 Å². The molecule has 1 fully saturated rings. The number of amides is 1. The summed E-state index contributed by atoms with van der Waals surface area (Å²) in [5, 5.41) is 18.5. The van der Waals surface area contributed by atoms with E-state index in [4.69, 9.17) is 5.11 Å². The third kappa shape index (κ3) is 3.55. The Morgan fingerprint density at radius 2 is 2.00 bits per heavy atom. The number of hydrogen-bond donors (Lipinski definition) is 2. The zero-order chi connectivity index (χ0) is 15.6. The number of halogens is 2. The van der Waals surface area contributed by atoms with Crippen LogP contribution in [0.2, 0.25) is 0 Å². The average molecular weight is 299 g/mol. The van der Waals surface area contributed by atoms with Crippen molar-refractivity contribution in [2.45, 2.75) is 31.4 Å². The van der Waals surface area contributed by atoms with Gasteiger partial charge in [-0.2, -0.15) is 0 Å². The molecule has 0 saturated carbocycles. The normalized spacial score (nSPS) is 21.6. The van der Waals surface area contributed by atoms with Gasteiger partial charge >= 0.3 is 5.97 Å². The van der Waals surface area contributed by atoms with Crippen LogP contribution in [0, 0.1) is 11.6 Å². The molecule has 1 heterocycles. The van der Waals surface area contributed by atoms with Crippen LogP contribution in [0.5, 0.6) is 0 Å². The molecule has 0 radical (unpaired) electrons. The molecule has 0 aliphatic carbocycles. The first-order chi connectivity index (χ1) is 9.88. The fourth-order valence-corrected chi connectivity index (χ4v) is 2.41. The maximum Gasteiger partial charge on any atom is 0.326 e. The van der Waals surface area contributed by atoms with Gasteiger partial charge in [0.15, 0.2) is 11.6 Å². The van der Waals surface area contributed by atoms with Crippen molar-refractivity contribution in [3.63, 3.8) is 0 Å². The number of hydrogen-bond acceptors (Lipinski definition) is 3. The zero-order valence-electron chi connectivity index (χ0n) is 11.1. The molecule has 1 aliphatic heterocycles. The number of rotatable bonds is 4. The second-order valence-electron chi connectivity index (χ2n) is 5.04. The lowest BCUT2D eigenvalue weighted by Gasteiger charge is -2.21. The molecule has 0 spiro atoms. The molecule has 5 nitrogen and oxygen atoms in total. The van der Waals surface area contributed by atoms with Gasteiger partial charge in [0.1, 0.15) is 6.04 Å². The fraction of sp³-hybridized carbons (Fsp3) is 0.429. The highest BCUT2D eigenvalue weighted by atomic mass is 19.2. The van der Waals surface area contributed by atoms with Crippen molar-refractivity contribution in [1.29, 1.82) is 0 Å². The van der Waals surface area contributed by atoms with E-state index < -0.39 is 35.7 Å². The van der Waals surface area contributed by atoms with Gasteiger partial charge in [-0.05, 0) is 24.1 Å². The predicted molar refractivity (Wildman–Crippen MR) is 68.4 cm³/mol. The Morgan fingerprint density at radius 3 is 2.62 bits per heavy atom. The van der Waals surface area contributed by atoms with Crippen molar-refractivity contribution < 1.29 is 28.6 Å². The number of aliphatic carboxylic acids is 1. The molecule has 2 rings (SSSR count). The number of likely N-dealkylation sites (tertiary alicyclic amines) is 1. The van der Waals surface area contributed by atoms with Gasteiger partial charge in [-0.25, -0.2) is 13.6 Å². The summed E-state index contributed by atoms with van der Waals surface area (Å²) >= 11 is 0. The summed E-state index contributed by atoms with van der Waals surface area (Å²) in [6.45, 7) is -0.0203. The number of aliphatic hydroxyl groups excluding tert-OH is 1. The first-order valence-corrected chi connectivity index (χ1v) is 6.52. The van der Waals surface area contributed by atoms with E-state index in [1.807, 2.05) is 0 Å². The van der Waals surface area contributed by atoms with E-state index in [1.165, 1.54) is 6.07 Å². The Morgan fingerprint density at radius 1 is 1.29 bits per heavy atom. The van der Waals surface area contributed by atoms with E-state index >= 15 is 0 Å². The van der Waals surface area contributed by atoms with Crippen LogP contribution in [0.15, 0.2) is 18.2 Å². The molecule has 7 heteroatoms. The maximum absolute atomic E-state index is 13.0. The lowest BCUT2D eigenvalue weighted by Crippen LogP contribution is -2.40. The molecule has 1 aromatic carbocycles. The fourth-order valence-electron chi connectivity index (χ4n) is 2.41. The van der Waals surface area contributed by atoms with Gasteiger partial charge in [-0.3, -0.25) is 4.79 Å². The molecular formula is C14H15F2NO4. The van der Waals surface area contributed by atoms with Crippen LogP contribution in [-0.4, -0.2) is 45.7 Å². The Labute approximate surface area is 119 Å². The van der Waals surface area contributed by atoms with Gasteiger partial charge in [-0.1, -0.05) is 6.07 Å². The molecule has 0 unspecified atom stereocenters. The molecule has 2 atom stereocenters. The number of carbonyl (C=O) groups is 2. The van der Waals surface area contributed by atoms with Crippen LogP contribution in [0.3, 0.4) is 0 Å². The van der Waals surface area contributed by atoms with Crippen molar-refractivity contribution >= 4 is 11.9 Å². The van der Waals surface area contributed by atoms with E-state index in [0.29, 0.717) is 5.56 Å². The van der Waals surface area contributed by atoms with Crippen molar-refractivity contribution in [1.82, 2.24) is 4.90 Å². The number of β-amino-alcohol motifs (C(OH)–C–C–N with tert-alkyl or cyclic N) is 1. The minimum atomic E-state index is -1.16. The minimum absolute atomic E-state index is 0.00620. The van der Waals surface area contributed by atoms with Gasteiger partial charge in [-0.15, -0.1) is 0 Å². The summed E-state index contributed by atoms with van der Waals surface area (Å²) < 4.78 is 25.8. The largest absolute Gasteiger partial charge is 0.480 e. The molecule has 1 aliphatic rings. The maximum atomic E-state index is 13.0. The lowest BCUT2D eigenvalue weighted by molar-refractivity contribution is -0.148. The number of carboxylic acid groups (broad SMARTS) is 1. The van der Waals surface area contributed by atoms with Crippen LogP contribution >= 0.6 is 0 Å². The molecule has 0 aromatic heterocycles. The smallest absolute Gasteiger partial charge is 0.326 e. The Kier molecular flexibility index (Phi) is 4.52. The van der Waals surface area contributed by atoms with E-state index in [2.05, 4.69) is 0 Å². The quantitative estimate of drug-likeness (QED) is 0.867. The van der Waals surface area contributed by atoms with Crippen LogP contribution in [0.1, 0.15) is 18.4 Å². The van der Waals surface area contributed by atoms with Crippen molar-refractivity contribution in [3.8, 4) is 0 Å². The number of carboxylic acids is 1. The SMILES string of the molecule is O=C(O)[C@@H]1C[C@@H](O)CN1C(=O)CCc1ccc(F)c(F)c1. The number of carbonyl (C=O) groups excluding carboxylic acids is 1.